The van der Waals surface area contributed by atoms with Crippen molar-refractivity contribution >= 4 is 29.1 Å². The van der Waals surface area contributed by atoms with Crippen molar-refractivity contribution in [2.24, 2.45) is 0 Å². The average Bonchev–Trinajstić information content (AvgIpc) is 2.68. The highest BCUT2D eigenvalue weighted by molar-refractivity contribution is 6.30. The van der Waals surface area contributed by atoms with Gasteiger partial charge in [0, 0.05) is 29.7 Å². The Kier molecular flexibility index (Phi) is 4.87. The molecule has 0 bridgehead atoms. The van der Waals surface area contributed by atoms with E-state index in [9.17, 15) is 9.59 Å². The van der Waals surface area contributed by atoms with Crippen molar-refractivity contribution < 1.29 is 9.59 Å². The Labute approximate surface area is 163 Å². The summed E-state index contributed by atoms with van der Waals surface area (Å²) in [5.41, 5.74) is 4.73. The molecule has 1 aromatic carbocycles. The van der Waals surface area contributed by atoms with Gasteiger partial charge in [-0.3, -0.25) is 14.6 Å². The molecule has 0 spiro atoms. The van der Waals surface area contributed by atoms with E-state index in [2.05, 4.69) is 10.3 Å². The lowest BCUT2D eigenvalue weighted by Crippen LogP contribution is -2.39. The fourth-order valence-corrected chi connectivity index (χ4v) is 4.26. The minimum Gasteiger partial charge on any atom is -0.349 e. The summed E-state index contributed by atoms with van der Waals surface area (Å²) in [5, 5.41) is 3.75. The summed E-state index contributed by atoms with van der Waals surface area (Å²) in [4.78, 5) is 31.2. The van der Waals surface area contributed by atoms with Crippen LogP contribution >= 0.6 is 11.6 Å². The summed E-state index contributed by atoms with van der Waals surface area (Å²) in [6.45, 7) is 2.46. The standard InChI is InChI=1S/C21H22ClN3O2/c1-2-20(26)24-18-5-3-4-16-17(18)11-23-12-19(16)25-9-8-13-10-14(22)6-7-15(13)21(25)27/h6-7,10-12,18H,2-5,8-9H2,1H3,(H,24,26)/t18-/m1/s1. The zero-order chi connectivity index (χ0) is 19.0. The molecule has 0 fully saturated rings. The van der Waals surface area contributed by atoms with E-state index in [1.807, 2.05) is 24.1 Å². The van der Waals surface area contributed by atoms with E-state index in [0.29, 0.717) is 23.6 Å². The number of halogens is 1. The molecule has 1 aliphatic carbocycles. The first-order valence-electron chi connectivity index (χ1n) is 9.45. The number of hydrogen-bond donors (Lipinski definition) is 1. The molecule has 0 unspecified atom stereocenters. The number of nitrogens with one attached hydrogen (secondary N) is 1. The highest BCUT2D eigenvalue weighted by Crippen LogP contribution is 2.37. The smallest absolute Gasteiger partial charge is 0.258 e. The Morgan fingerprint density at radius 2 is 2.19 bits per heavy atom. The second-order valence-electron chi connectivity index (χ2n) is 7.10. The van der Waals surface area contributed by atoms with Crippen molar-refractivity contribution in [2.75, 3.05) is 11.4 Å². The normalized spacial score (nSPS) is 18.7. The third-order valence-corrected chi connectivity index (χ3v) is 5.69. The Hall–Kier alpha value is -2.40. The van der Waals surface area contributed by atoms with Crippen LogP contribution in [0, 0.1) is 0 Å². The zero-order valence-corrected chi connectivity index (χ0v) is 16.1. The molecule has 1 aromatic heterocycles. The summed E-state index contributed by atoms with van der Waals surface area (Å²) in [5.74, 6) is 0.0286. The summed E-state index contributed by atoms with van der Waals surface area (Å²) in [6.07, 6.45) is 7.61. The molecule has 27 heavy (non-hydrogen) atoms. The van der Waals surface area contributed by atoms with E-state index < -0.39 is 0 Å². The number of rotatable bonds is 3. The van der Waals surface area contributed by atoms with Gasteiger partial charge >= 0.3 is 0 Å². The number of pyridine rings is 1. The van der Waals surface area contributed by atoms with E-state index in [4.69, 9.17) is 11.6 Å². The molecule has 0 saturated carbocycles. The van der Waals surface area contributed by atoms with Crippen molar-refractivity contribution in [3.05, 3.63) is 57.9 Å². The number of carbonyl (C=O) groups is 2. The van der Waals surface area contributed by atoms with Gasteiger partial charge in [-0.1, -0.05) is 18.5 Å². The van der Waals surface area contributed by atoms with Crippen LogP contribution in [0.1, 0.15) is 59.3 Å². The van der Waals surface area contributed by atoms with E-state index in [-0.39, 0.29) is 17.9 Å². The average molecular weight is 384 g/mol. The molecular formula is C21H22ClN3O2. The van der Waals surface area contributed by atoms with E-state index >= 15 is 0 Å². The molecule has 2 amide bonds. The largest absolute Gasteiger partial charge is 0.349 e. The number of amides is 2. The number of anilines is 1. The minimum absolute atomic E-state index is 0.0113. The molecule has 2 heterocycles. The number of nitrogens with zero attached hydrogens (tertiary/aromatic N) is 2. The molecule has 5 nitrogen and oxygen atoms in total. The van der Waals surface area contributed by atoms with Gasteiger partial charge in [0.15, 0.2) is 0 Å². The van der Waals surface area contributed by atoms with Crippen molar-refractivity contribution in [3.8, 4) is 0 Å². The lowest BCUT2D eigenvalue weighted by atomic mass is 9.87. The molecule has 0 radical (unpaired) electrons. The SMILES string of the molecule is CCC(=O)N[C@@H]1CCCc2c1cncc2N1CCc2cc(Cl)ccc2C1=O. The predicted molar refractivity (Wildman–Crippen MR) is 105 cm³/mol. The molecule has 1 N–H and O–H groups in total. The third-order valence-electron chi connectivity index (χ3n) is 5.46. The highest BCUT2D eigenvalue weighted by atomic mass is 35.5. The molecule has 2 aliphatic rings. The maximum Gasteiger partial charge on any atom is 0.258 e. The molecule has 0 saturated heterocycles. The Balaban J connectivity index is 1.69. The minimum atomic E-state index is -0.0281. The van der Waals surface area contributed by atoms with Crippen LogP contribution in [0.4, 0.5) is 5.69 Å². The van der Waals surface area contributed by atoms with Crippen molar-refractivity contribution in [1.82, 2.24) is 10.3 Å². The van der Waals surface area contributed by atoms with Crippen LogP contribution in [0.5, 0.6) is 0 Å². The number of hydrogen-bond acceptors (Lipinski definition) is 3. The first kappa shape index (κ1) is 18.0. The Morgan fingerprint density at radius 1 is 1.33 bits per heavy atom. The Bertz CT molecular complexity index is 912. The summed E-state index contributed by atoms with van der Waals surface area (Å²) >= 11 is 6.07. The fourth-order valence-electron chi connectivity index (χ4n) is 4.07. The molecular weight excluding hydrogens is 362 g/mol. The van der Waals surface area contributed by atoms with Gasteiger partial charge in [-0.05, 0) is 60.6 Å². The van der Waals surface area contributed by atoms with Gasteiger partial charge in [-0.25, -0.2) is 0 Å². The maximum absolute atomic E-state index is 13.1. The van der Waals surface area contributed by atoms with Crippen LogP contribution < -0.4 is 10.2 Å². The van der Waals surface area contributed by atoms with Gasteiger partial charge in [-0.15, -0.1) is 0 Å². The lowest BCUT2D eigenvalue weighted by Gasteiger charge is -2.33. The molecule has 1 aliphatic heterocycles. The van der Waals surface area contributed by atoms with Crippen molar-refractivity contribution in [2.45, 2.75) is 45.1 Å². The quantitative estimate of drug-likeness (QED) is 0.875. The van der Waals surface area contributed by atoms with E-state index in [0.717, 1.165) is 48.1 Å². The third kappa shape index (κ3) is 3.32. The summed E-state index contributed by atoms with van der Waals surface area (Å²) < 4.78 is 0. The monoisotopic (exact) mass is 383 g/mol. The number of carbonyl (C=O) groups excluding carboxylic acids is 2. The summed E-state index contributed by atoms with van der Waals surface area (Å²) in [7, 11) is 0. The lowest BCUT2D eigenvalue weighted by molar-refractivity contribution is -0.121. The first-order chi connectivity index (χ1) is 13.1. The maximum atomic E-state index is 13.1. The Morgan fingerprint density at radius 3 is 3.00 bits per heavy atom. The van der Waals surface area contributed by atoms with Gasteiger partial charge in [0.25, 0.3) is 5.91 Å². The van der Waals surface area contributed by atoms with E-state index in [1.54, 1.807) is 18.3 Å². The topological polar surface area (TPSA) is 62.3 Å². The van der Waals surface area contributed by atoms with Gasteiger partial charge in [0.2, 0.25) is 5.91 Å². The van der Waals surface area contributed by atoms with E-state index in [1.165, 1.54) is 0 Å². The van der Waals surface area contributed by atoms with Crippen LogP contribution in [0.25, 0.3) is 0 Å². The van der Waals surface area contributed by atoms with Crippen molar-refractivity contribution in [3.63, 3.8) is 0 Å². The van der Waals surface area contributed by atoms with Crippen LogP contribution in [-0.2, 0) is 17.6 Å². The van der Waals surface area contributed by atoms with Gasteiger partial charge in [0.1, 0.15) is 0 Å². The molecule has 140 valence electrons. The summed E-state index contributed by atoms with van der Waals surface area (Å²) in [6, 6.07) is 5.41. The molecule has 1 atom stereocenters. The van der Waals surface area contributed by atoms with Crippen LogP contribution in [0.2, 0.25) is 5.02 Å². The van der Waals surface area contributed by atoms with Gasteiger partial charge in [0.05, 0.1) is 17.9 Å². The highest BCUT2D eigenvalue weighted by Gasteiger charge is 2.31. The predicted octanol–water partition coefficient (Wildman–Crippen LogP) is 3.84. The van der Waals surface area contributed by atoms with Crippen LogP contribution in [0.15, 0.2) is 30.6 Å². The van der Waals surface area contributed by atoms with Crippen LogP contribution in [0.3, 0.4) is 0 Å². The fraction of sp³-hybridized carbons (Fsp3) is 0.381. The number of aromatic nitrogens is 1. The zero-order valence-electron chi connectivity index (χ0n) is 15.3. The second kappa shape index (κ2) is 7.31. The number of fused-ring (bicyclic) bond motifs is 2. The van der Waals surface area contributed by atoms with Gasteiger partial charge in [-0.2, -0.15) is 0 Å². The second-order valence-corrected chi connectivity index (χ2v) is 7.54. The van der Waals surface area contributed by atoms with Gasteiger partial charge < -0.3 is 10.2 Å². The molecule has 6 heteroatoms. The molecule has 4 rings (SSSR count). The number of benzene rings is 1. The molecule has 2 aromatic rings. The van der Waals surface area contributed by atoms with Crippen LogP contribution in [-0.4, -0.2) is 23.3 Å². The van der Waals surface area contributed by atoms with Crippen molar-refractivity contribution in [1.29, 1.82) is 0 Å². The first-order valence-corrected chi connectivity index (χ1v) is 9.82.